The molecule has 0 aliphatic heterocycles. The molecule has 2 rings (SSSR count). The van der Waals surface area contributed by atoms with Crippen LogP contribution in [0.25, 0.3) is 10.9 Å². The quantitative estimate of drug-likeness (QED) is 0.828. The summed E-state index contributed by atoms with van der Waals surface area (Å²) in [5.41, 5.74) is 6.74. The number of carboxylic acid groups (broad SMARTS) is 1. The molecule has 0 aliphatic carbocycles. The summed E-state index contributed by atoms with van der Waals surface area (Å²) in [6.45, 7) is 3.16. The van der Waals surface area contributed by atoms with Crippen LogP contribution in [0.15, 0.2) is 30.5 Å². The molecule has 2 aromatic rings. The molecule has 98 valence electrons. The van der Waals surface area contributed by atoms with E-state index in [1.165, 1.54) is 16.5 Å². The van der Waals surface area contributed by atoms with Crippen molar-refractivity contribution in [2.75, 3.05) is 0 Å². The Morgan fingerprint density at radius 3 is 2.67 bits per heavy atom. The number of carbonyl (C=O) groups is 1. The fraction of sp³-hybridized carbons (Fsp3) is 0.357. The zero-order chi connectivity index (χ0) is 13.5. The number of hydrogen-bond acceptors (Lipinski definition) is 2. The Morgan fingerprint density at radius 1 is 1.44 bits per heavy atom. The maximum absolute atomic E-state index is 8.89. The first-order chi connectivity index (χ1) is 8.54. The molecular formula is C14H20N2O2. The third kappa shape index (κ3) is 4.22. The number of benzene rings is 1. The van der Waals surface area contributed by atoms with Gasteiger partial charge in [0.25, 0.3) is 0 Å². The van der Waals surface area contributed by atoms with E-state index in [-0.39, 0.29) is 0 Å². The first kappa shape index (κ1) is 14.3. The maximum atomic E-state index is 8.89. The van der Waals surface area contributed by atoms with Crippen LogP contribution in [0, 0.1) is 0 Å². The van der Waals surface area contributed by atoms with Gasteiger partial charge in [-0.05, 0) is 25.0 Å². The van der Waals surface area contributed by atoms with E-state index in [0.29, 0.717) is 6.04 Å². The molecule has 1 aromatic carbocycles. The van der Waals surface area contributed by atoms with E-state index in [1.807, 2.05) is 0 Å². The Kier molecular flexibility index (Phi) is 5.39. The Bertz CT molecular complexity index is 501. The molecule has 1 heterocycles. The zero-order valence-corrected chi connectivity index (χ0v) is 10.9. The predicted molar refractivity (Wildman–Crippen MR) is 69.7 cm³/mol. The Balaban J connectivity index is 0.000000357. The minimum absolute atomic E-state index is 0.522. The van der Waals surface area contributed by atoms with E-state index in [0.717, 1.165) is 19.8 Å². The van der Waals surface area contributed by atoms with Gasteiger partial charge in [-0.15, -0.1) is 0 Å². The highest BCUT2D eigenvalue weighted by Crippen LogP contribution is 2.18. The van der Waals surface area contributed by atoms with Crippen LogP contribution in [0.5, 0.6) is 0 Å². The monoisotopic (exact) mass is 248 g/mol. The van der Waals surface area contributed by atoms with Gasteiger partial charge in [-0.25, -0.2) is 0 Å². The van der Waals surface area contributed by atoms with Crippen molar-refractivity contribution in [1.82, 2.24) is 4.98 Å². The Morgan fingerprint density at radius 2 is 2.06 bits per heavy atom. The van der Waals surface area contributed by atoms with Crippen molar-refractivity contribution in [1.29, 1.82) is 0 Å². The molecular weight excluding hydrogens is 228 g/mol. The SMILES string of the molecule is CC(=O)[O-].CCC([NH3+])Cc1c[nH]c2ccccc12. The van der Waals surface area contributed by atoms with Crippen molar-refractivity contribution in [2.24, 2.45) is 0 Å². The highest BCUT2D eigenvalue weighted by molar-refractivity contribution is 5.83. The standard InChI is InChI=1S/C12H16N2.C2H4O2/c1-2-10(13)7-9-8-14-12-6-4-3-5-11(9)12;1-2(3)4/h3-6,8,10,14H,2,7,13H2,1H3;1H3,(H,3,4). The molecule has 4 N–H and O–H groups in total. The van der Waals surface area contributed by atoms with Crippen molar-refractivity contribution in [2.45, 2.75) is 32.7 Å². The van der Waals surface area contributed by atoms with Crippen LogP contribution in [0.1, 0.15) is 25.8 Å². The molecule has 0 fully saturated rings. The number of aromatic nitrogens is 1. The van der Waals surface area contributed by atoms with Crippen LogP contribution in [-0.2, 0) is 11.2 Å². The van der Waals surface area contributed by atoms with Crippen molar-refractivity contribution >= 4 is 16.9 Å². The third-order valence-electron chi connectivity index (χ3n) is 2.76. The first-order valence-corrected chi connectivity index (χ1v) is 6.10. The van der Waals surface area contributed by atoms with E-state index in [2.05, 4.69) is 48.1 Å². The predicted octanol–water partition coefficient (Wildman–Crippen LogP) is 0.487. The number of aliphatic carboxylic acids is 1. The molecule has 4 heteroatoms. The molecule has 0 bridgehead atoms. The Hall–Kier alpha value is -1.81. The number of hydrogen-bond donors (Lipinski definition) is 2. The van der Waals surface area contributed by atoms with Crippen molar-refractivity contribution in [3.63, 3.8) is 0 Å². The lowest BCUT2D eigenvalue weighted by Gasteiger charge is -2.03. The summed E-state index contributed by atoms with van der Waals surface area (Å²) < 4.78 is 0. The smallest absolute Gasteiger partial charge is 0.0882 e. The molecule has 4 nitrogen and oxygen atoms in total. The van der Waals surface area contributed by atoms with Crippen molar-refractivity contribution < 1.29 is 15.6 Å². The van der Waals surface area contributed by atoms with Gasteiger partial charge >= 0.3 is 0 Å². The van der Waals surface area contributed by atoms with E-state index in [1.54, 1.807) is 0 Å². The highest BCUT2D eigenvalue weighted by atomic mass is 16.4. The number of nitrogens with one attached hydrogen (secondary N) is 1. The third-order valence-corrected chi connectivity index (χ3v) is 2.76. The van der Waals surface area contributed by atoms with Crippen LogP contribution >= 0.6 is 0 Å². The van der Waals surface area contributed by atoms with E-state index in [4.69, 9.17) is 9.90 Å². The number of carboxylic acids is 1. The molecule has 0 aliphatic rings. The number of rotatable bonds is 3. The summed E-state index contributed by atoms with van der Waals surface area (Å²) in [6, 6.07) is 8.95. The van der Waals surface area contributed by atoms with Crippen molar-refractivity contribution in [3.05, 3.63) is 36.0 Å². The van der Waals surface area contributed by atoms with Gasteiger partial charge in [0, 0.05) is 29.5 Å². The zero-order valence-electron chi connectivity index (χ0n) is 10.9. The summed E-state index contributed by atoms with van der Waals surface area (Å²) in [4.78, 5) is 12.2. The number of para-hydroxylation sites is 1. The van der Waals surface area contributed by atoms with Gasteiger partial charge in [0.2, 0.25) is 0 Å². The molecule has 0 spiro atoms. The summed E-state index contributed by atoms with van der Waals surface area (Å²) in [6.07, 6.45) is 4.32. The number of quaternary nitrogens is 1. The molecule has 18 heavy (non-hydrogen) atoms. The molecule has 1 aromatic heterocycles. The average molecular weight is 248 g/mol. The summed E-state index contributed by atoms with van der Waals surface area (Å²) in [5.74, 6) is -1.08. The molecule has 0 radical (unpaired) electrons. The summed E-state index contributed by atoms with van der Waals surface area (Å²) >= 11 is 0. The maximum Gasteiger partial charge on any atom is 0.0882 e. The molecule has 1 atom stereocenters. The van der Waals surface area contributed by atoms with Gasteiger partial charge in [-0.1, -0.05) is 25.1 Å². The number of fused-ring (bicyclic) bond motifs is 1. The Labute approximate surface area is 107 Å². The minimum Gasteiger partial charge on any atom is -0.550 e. The first-order valence-electron chi connectivity index (χ1n) is 6.10. The summed E-state index contributed by atoms with van der Waals surface area (Å²) in [7, 11) is 0. The highest BCUT2D eigenvalue weighted by Gasteiger charge is 2.08. The fourth-order valence-electron chi connectivity index (χ4n) is 1.76. The van der Waals surface area contributed by atoms with E-state index >= 15 is 0 Å². The van der Waals surface area contributed by atoms with E-state index < -0.39 is 5.97 Å². The second kappa shape index (κ2) is 6.81. The second-order valence-electron chi connectivity index (χ2n) is 4.33. The second-order valence-corrected chi connectivity index (χ2v) is 4.33. The van der Waals surface area contributed by atoms with Gasteiger partial charge in [0.05, 0.1) is 6.04 Å². The van der Waals surface area contributed by atoms with Gasteiger partial charge in [0.1, 0.15) is 0 Å². The molecule has 0 saturated carbocycles. The van der Waals surface area contributed by atoms with Crippen LogP contribution in [0.2, 0.25) is 0 Å². The summed E-state index contributed by atoms with van der Waals surface area (Å²) in [5, 5.41) is 10.2. The fourth-order valence-corrected chi connectivity index (χ4v) is 1.76. The molecule has 0 amide bonds. The van der Waals surface area contributed by atoms with Crippen LogP contribution < -0.4 is 10.8 Å². The largest absolute Gasteiger partial charge is 0.550 e. The van der Waals surface area contributed by atoms with Gasteiger partial charge in [0.15, 0.2) is 0 Å². The normalized spacial score (nSPS) is 11.7. The average Bonchev–Trinajstić information content (AvgIpc) is 2.72. The lowest BCUT2D eigenvalue weighted by molar-refractivity contribution is -0.419. The van der Waals surface area contributed by atoms with Crippen LogP contribution in [-0.4, -0.2) is 17.0 Å². The number of aromatic amines is 1. The number of H-pyrrole nitrogens is 1. The van der Waals surface area contributed by atoms with Crippen LogP contribution in [0.4, 0.5) is 0 Å². The lowest BCUT2D eigenvalue weighted by atomic mass is 10.0. The van der Waals surface area contributed by atoms with Crippen LogP contribution in [0.3, 0.4) is 0 Å². The van der Waals surface area contributed by atoms with E-state index in [9.17, 15) is 0 Å². The number of carbonyl (C=O) groups excluding carboxylic acids is 1. The minimum atomic E-state index is -1.08. The molecule has 1 unspecified atom stereocenters. The van der Waals surface area contributed by atoms with Gasteiger partial charge in [-0.3, -0.25) is 0 Å². The molecule has 0 saturated heterocycles. The van der Waals surface area contributed by atoms with Gasteiger partial charge in [-0.2, -0.15) is 0 Å². The van der Waals surface area contributed by atoms with Gasteiger partial charge < -0.3 is 20.6 Å². The lowest BCUT2D eigenvalue weighted by Crippen LogP contribution is -2.61. The topological polar surface area (TPSA) is 83.6 Å². The van der Waals surface area contributed by atoms with Crippen molar-refractivity contribution in [3.8, 4) is 0 Å².